The van der Waals surface area contributed by atoms with Crippen molar-refractivity contribution in [2.24, 2.45) is 0 Å². The van der Waals surface area contributed by atoms with E-state index in [1.165, 1.54) is 38.1 Å². The van der Waals surface area contributed by atoms with Crippen LogP contribution in [0.1, 0.15) is 19.4 Å². The Kier molecular flexibility index (Phi) is 13.8. The van der Waals surface area contributed by atoms with Gasteiger partial charge in [0.25, 0.3) is 0 Å². The van der Waals surface area contributed by atoms with Gasteiger partial charge >= 0.3 is 5.97 Å². The Labute approximate surface area is 365 Å². The molecule has 4 heterocycles. The number of aliphatic hydroxyl groups excluding tert-OH is 8. The lowest BCUT2D eigenvalue weighted by Crippen LogP contribution is -2.64. The van der Waals surface area contributed by atoms with Gasteiger partial charge in [0.2, 0.25) is 23.8 Å². The van der Waals surface area contributed by atoms with Gasteiger partial charge in [-0.2, -0.15) is 0 Å². The Bertz CT molecular complexity index is 2460. The molecule has 0 bridgehead atoms. The molecule has 13 N–H and O–H groups in total. The molecule has 7 rings (SSSR count). The summed E-state index contributed by atoms with van der Waals surface area (Å²) in [5.41, 5.74) is -1.48. The van der Waals surface area contributed by atoms with E-state index in [1.807, 2.05) is 0 Å². The van der Waals surface area contributed by atoms with Crippen LogP contribution >= 0.6 is 0 Å². The predicted octanol–water partition coefficient (Wildman–Crippen LogP) is -1.51. The second kappa shape index (κ2) is 19.0. The minimum atomic E-state index is -2.11. The second-order valence-corrected chi connectivity index (χ2v) is 15.5. The molecule has 65 heavy (non-hydrogen) atoms. The fraction of sp³-hybridized carbons (Fsp3) is 0.429. The summed E-state index contributed by atoms with van der Waals surface area (Å²) in [7, 11) is 0. The van der Waals surface area contributed by atoms with Gasteiger partial charge in [0.1, 0.15) is 84.0 Å². The molecule has 4 aromatic rings. The smallest absolute Gasteiger partial charge is 0.330 e. The molecule has 352 valence electrons. The Morgan fingerprint density at radius 1 is 0.631 bits per heavy atom. The van der Waals surface area contributed by atoms with E-state index in [0.717, 1.165) is 36.4 Å². The van der Waals surface area contributed by atoms with Gasteiger partial charge in [-0.3, -0.25) is 4.79 Å². The van der Waals surface area contributed by atoms with Crippen molar-refractivity contribution < 1.29 is 109 Å². The molecule has 3 aliphatic heterocycles. The van der Waals surface area contributed by atoms with Crippen molar-refractivity contribution in [2.45, 2.75) is 106 Å². The lowest BCUT2D eigenvalue weighted by atomic mass is 9.97. The third kappa shape index (κ3) is 9.62. The van der Waals surface area contributed by atoms with Gasteiger partial charge in [-0.1, -0.05) is 6.07 Å². The van der Waals surface area contributed by atoms with Gasteiger partial charge in [0.15, 0.2) is 41.2 Å². The van der Waals surface area contributed by atoms with Crippen LogP contribution in [0.3, 0.4) is 0 Å². The zero-order chi connectivity index (χ0) is 47.2. The average Bonchev–Trinajstić information content (AvgIpc) is 3.26. The fourth-order valence-electron chi connectivity index (χ4n) is 7.23. The number of fused-ring (bicyclic) bond motifs is 1. The number of carbonyl (C=O) groups excluding carboxylic acids is 1. The summed E-state index contributed by atoms with van der Waals surface area (Å²) < 4.78 is 45.9. The van der Waals surface area contributed by atoms with Gasteiger partial charge < -0.3 is 104 Å². The number of phenolic OH excluding ortho intramolecular Hbond substituents is 5. The number of benzene rings is 3. The fourth-order valence-corrected chi connectivity index (χ4v) is 7.23. The molecule has 0 radical (unpaired) electrons. The first-order valence-electron chi connectivity index (χ1n) is 19.9. The van der Waals surface area contributed by atoms with Gasteiger partial charge in [-0.15, -0.1) is 0 Å². The highest BCUT2D eigenvalue weighted by atomic mass is 16.8. The SMILES string of the molecule is CC1OC(Oc2cc(O)c3c(=O)c(OC4OC(COC(=O)/C=C/c5ccc(O)c(O)c5)C(O)C(O)C4OC4OC(C)C(O)C(O)C4O)c(-c4ccc(O)c(O)c4)oc3c2)C(O)C(O)C1O. The number of aromatic hydroxyl groups is 5. The molecule has 23 nitrogen and oxygen atoms in total. The quantitative estimate of drug-likeness (QED) is 0.0462. The van der Waals surface area contributed by atoms with Gasteiger partial charge in [0.05, 0.1) is 12.2 Å². The van der Waals surface area contributed by atoms with E-state index in [0.29, 0.717) is 0 Å². The second-order valence-electron chi connectivity index (χ2n) is 15.5. The molecule has 3 aromatic carbocycles. The third-order valence-electron chi connectivity index (χ3n) is 11.0. The summed E-state index contributed by atoms with van der Waals surface area (Å²) in [5, 5.41) is 136. The predicted molar refractivity (Wildman–Crippen MR) is 214 cm³/mol. The summed E-state index contributed by atoms with van der Waals surface area (Å²) >= 11 is 0. The summed E-state index contributed by atoms with van der Waals surface area (Å²) in [6.45, 7) is 1.93. The van der Waals surface area contributed by atoms with Gasteiger partial charge in [-0.05, 0) is 55.8 Å². The number of esters is 1. The Morgan fingerprint density at radius 3 is 1.89 bits per heavy atom. The summed E-state index contributed by atoms with van der Waals surface area (Å²) in [6, 6.07) is 8.85. The molecule has 15 unspecified atom stereocenters. The Morgan fingerprint density at radius 2 is 1.25 bits per heavy atom. The standard InChI is InChI=1S/C42H46O23/c1-14-28(49)32(53)35(56)40(59-14)61-18-11-23(47)27-24(12-18)62-37(17-5-7-20(44)22(46)10-17)38(31(27)52)64-42-39(65-41-36(57)33(54)29(50)15(2)60-41)34(55)30(51)25(63-42)13-58-26(48)8-4-16-3-6-19(43)21(45)9-16/h3-12,14-15,25,28-30,32-36,39-47,49-51,53-57H,13H2,1-2H3/b8-4+. The maximum absolute atomic E-state index is 14.5. The van der Waals surface area contributed by atoms with Crippen LogP contribution in [0.15, 0.2) is 63.8 Å². The van der Waals surface area contributed by atoms with Crippen LogP contribution in [-0.2, 0) is 28.5 Å². The van der Waals surface area contributed by atoms with Crippen LogP contribution in [0, 0.1) is 0 Å². The van der Waals surface area contributed by atoms with Crippen molar-refractivity contribution in [3.8, 4) is 51.6 Å². The lowest BCUT2D eigenvalue weighted by Gasteiger charge is -2.45. The minimum absolute atomic E-state index is 0.165. The average molecular weight is 919 g/mol. The zero-order valence-corrected chi connectivity index (χ0v) is 34.0. The molecular weight excluding hydrogens is 872 g/mol. The number of rotatable bonds is 11. The van der Waals surface area contributed by atoms with Gasteiger partial charge in [-0.25, -0.2) is 4.79 Å². The molecule has 1 aromatic heterocycles. The van der Waals surface area contributed by atoms with E-state index in [9.17, 15) is 76.0 Å². The molecule has 0 spiro atoms. The first-order valence-corrected chi connectivity index (χ1v) is 19.9. The highest BCUT2D eigenvalue weighted by Gasteiger charge is 2.52. The number of hydrogen-bond acceptors (Lipinski definition) is 23. The van der Waals surface area contributed by atoms with Gasteiger partial charge in [0, 0.05) is 23.8 Å². The van der Waals surface area contributed by atoms with Crippen molar-refractivity contribution in [3.05, 3.63) is 70.4 Å². The third-order valence-corrected chi connectivity index (χ3v) is 11.0. The Hall–Kier alpha value is -5.80. The van der Waals surface area contributed by atoms with Crippen LogP contribution in [0.4, 0.5) is 0 Å². The van der Waals surface area contributed by atoms with Crippen molar-refractivity contribution in [1.82, 2.24) is 0 Å². The van der Waals surface area contributed by atoms with Crippen LogP contribution in [0.25, 0.3) is 28.4 Å². The van der Waals surface area contributed by atoms with E-state index in [-0.39, 0.29) is 16.9 Å². The molecule has 3 fully saturated rings. The maximum Gasteiger partial charge on any atom is 0.330 e. The molecular formula is C42H46O23. The molecule has 0 amide bonds. The first kappa shape index (κ1) is 47.2. The maximum atomic E-state index is 14.5. The first-order chi connectivity index (χ1) is 30.7. The number of hydrogen-bond donors (Lipinski definition) is 13. The van der Waals surface area contributed by atoms with Crippen molar-refractivity contribution in [2.75, 3.05) is 6.61 Å². The van der Waals surface area contributed by atoms with Crippen molar-refractivity contribution >= 4 is 23.0 Å². The van der Waals surface area contributed by atoms with E-state index in [4.69, 9.17) is 37.6 Å². The van der Waals surface area contributed by atoms with E-state index in [2.05, 4.69) is 0 Å². The summed E-state index contributed by atoms with van der Waals surface area (Å²) in [6.07, 6.45) is -23.7. The van der Waals surface area contributed by atoms with Crippen molar-refractivity contribution in [3.63, 3.8) is 0 Å². The monoisotopic (exact) mass is 918 g/mol. The van der Waals surface area contributed by atoms with Crippen LogP contribution in [0.2, 0.25) is 0 Å². The molecule has 23 heteroatoms. The van der Waals surface area contributed by atoms with Crippen LogP contribution in [0.5, 0.6) is 40.2 Å². The largest absolute Gasteiger partial charge is 0.507 e. The number of aliphatic hydroxyl groups is 8. The highest BCUT2D eigenvalue weighted by Crippen LogP contribution is 2.41. The molecule has 3 aliphatic rings. The highest BCUT2D eigenvalue weighted by molar-refractivity contribution is 5.89. The number of phenols is 5. The summed E-state index contributed by atoms with van der Waals surface area (Å²) in [5.74, 6) is -5.68. The number of ether oxygens (including phenoxy) is 7. The van der Waals surface area contributed by atoms with Crippen molar-refractivity contribution in [1.29, 1.82) is 0 Å². The van der Waals surface area contributed by atoms with Crippen LogP contribution in [-0.4, -0.2) is 171 Å². The Balaban J connectivity index is 1.26. The normalized spacial score (nSPS) is 32.9. The summed E-state index contributed by atoms with van der Waals surface area (Å²) in [4.78, 5) is 27.3. The van der Waals surface area contributed by atoms with E-state index in [1.54, 1.807) is 0 Å². The molecule has 0 aliphatic carbocycles. The van der Waals surface area contributed by atoms with E-state index < -0.39 is 161 Å². The lowest BCUT2D eigenvalue weighted by molar-refractivity contribution is -0.354. The minimum Gasteiger partial charge on any atom is -0.507 e. The topological polar surface area (TPSA) is 375 Å². The van der Waals surface area contributed by atoms with Crippen LogP contribution < -0.4 is 14.9 Å². The zero-order valence-electron chi connectivity index (χ0n) is 34.0. The number of carbonyl (C=O) groups is 1. The molecule has 3 saturated heterocycles. The van der Waals surface area contributed by atoms with E-state index >= 15 is 0 Å². The molecule has 15 atom stereocenters. The molecule has 0 saturated carbocycles.